The summed E-state index contributed by atoms with van der Waals surface area (Å²) in [5.41, 5.74) is 4.74. The molecule has 1 amide bonds. The van der Waals surface area contributed by atoms with E-state index in [-0.39, 0.29) is 12.5 Å². The van der Waals surface area contributed by atoms with Gasteiger partial charge in [0.05, 0.1) is 22.9 Å². The fourth-order valence-electron chi connectivity index (χ4n) is 3.23. The van der Waals surface area contributed by atoms with Gasteiger partial charge in [-0.25, -0.2) is 4.68 Å². The number of ether oxygens (including phenoxy) is 1. The number of para-hydroxylation sites is 1. The third kappa shape index (κ3) is 3.57. The molecule has 1 aromatic heterocycles. The van der Waals surface area contributed by atoms with Crippen molar-refractivity contribution in [2.24, 2.45) is 0 Å². The third-order valence-electron chi connectivity index (χ3n) is 4.84. The van der Waals surface area contributed by atoms with E-state index < -0.39 is 10.8 Å². The van der Waals surface area contributed by atoms with E-state index in [4.69, 9.17) is 4.74 Å². The van der Waals surface area contributed by atoms with Gasteiger partial charge >= 0.3 is 0 Å². The van der Waals surface area contributed by atoms with Gasteiger partial charge in [0.2, 0.25) is 0 Å². The van der Waals surface area contributed by atoms with Gasteiger partial charge in [0.15, 0.2) is 6.61 Å². The van der Waals surface area contributed by atoms with E-state index >= 15 is 0 Å². The van der Waals surface area contributed by atoms with Crippen molar-refractivity contribution in [2.75, 3.05) is 11.9 Å². The van der Waals surface area contributed by atoms with Crippen LogP contribution in [0.3, 0.4) is 0 Å². The van der Waals surface area contributed by atoms with Crippen molar-refractivity contribution in [2.45, 2.75) is 25.4 Å². The van der Waals surface area contributed by atoms with Gasteiger partial charge in [-0.15, -0.1) is 0 Å². The highest BCUT2D eigenvalue weighted by molar-refractivity contribution is 7.83. The van der Waals surface area contributed by atoms with Crippen molar-refractivity contribution in [1.29, 1.82) is 0 Å². The van der Waals surface area contributed by atoms with Crippen LogP contribution < -0.4 is 10.1 Å². The molecule has 0 radical (unpaired) electrons. The molecule has 28 heavy (non-hydrogen) atoms. The monoisotopic (exact) mass is 395 g/mol. The SMILES string of the molecule is Cc1cccc(-n2nc3c(c2NC(=O)COc2ccccc2)C[S@](=O)C3)c1C. The largest absolute Gasteiger partial charge is 0.484 e. The maximum absolute atomic E-state index is 12.5. The number of carbonyl (C=O) groups is 1. The Balaban J connectivity index is 1.63. The molecule has 0 aliphatic carbocycles. The van der Waals surface area contributed by atoms with Crippen LogP contribution in [-0.2, 0) is 27.1 Å². The molecule has 1 aliphatic rings. The minimum Gasteiger partial charge on any atom is -0.484 e. The lowest BCUT2D eigenvalue weighted by molar-refractivity contribution is -0.118. The highest BCUT2D eigenvalue weighted by Crippen LogP contribution is 2.32. The second kappa shape index (κ2) is 7.59. The summed E-state index contributed by atoms with van der Waals surface area (Å²) in [6.45, 7) is 3.95. The van der Waals surface area contributed by atoms with Crippen LogP contribution in [-0.4, -0.2) is 26.5 Å². The molecule has 2 heterocycles. The van der Waals surface area contributed by atoms with Gasteiger partial charge in [-0.05, 0) is 43.2 Å². The molecule has 1 N–H and O–H groups in total. The summed E-state index contributed by atoms with van der Waals surface area (Å²) in [6, 6.07) is 15.2. The van der Waals surface area contributed by atoms with Gasteiger partial charge in [0.25, 0.3) is 5.91 Å². The minimum absolute atomic E-state index is 0.111. The quantitative estimate of drug-likeness (QED) is 0.720. The Labute approximate surface area is 166 Å². The van der Waals surface area contributed by atoms with E-state index in [1.165, 1.54) is 0 Å². The van der Waals surface area contributed by atoms with Gasteiger partial charge in [0, 0.05) is 16.4 Å². The van der Waals surface area contributed by atoms with Crippen LogP contribution in [0.25, 0.3) is 5.69 Å². The first-order valence-corrected chi connectivity index (χ1v) is 10.5. The van der Waals surface area contributed by atoms with E-state index in [1.54, 1.807) is 16.8 Å². The van der Waals surface area contributed by atoms with Crippen molar-refractivity contribution < 1.29 is 13.7 Å². The Kier molecular flexibility index (Phi) is 5.00. The maximum atomic E-state index is 12.5. The number of amides is 1. The molecule has 6 nitrogen and oxygen atoms in total. The number of carbonyl (C=O) groups excluding carboxylic acids is 1. The number of anilines is 1. The van der Waals surface area contributed by atoms with Crippen LogP contribution in [0.4, 0.5) is 5.82 Å². The summed E-state index contributed by atoms with van der Waals surface area (Å²) in [7, 11) is -0.980. The van der Waals surface area contributed by atoms with Crippen molar-refractivity contribution in [3.63, 3.8) is 0 Å². The first kappa shape index (κ1) is 18.4. The molecule has 0 fully saturated rings. The van der Waals surface area contributed by atoms with Crippen LogP contribution >= 0.6 is 0 Å². The standard InChI is InChI=1S/C21H21N3O3S/c1-14-7-6-10-19(15(14)2)24-21(17-12-28(26)13-18(17)23-24)22-20(25)11-27-16-8-4-3-5-9-16/h3-10H,11-13H2,1-2H3,(H,22,25)/t28-/m0/s1. The summed E-state index contributed by atoms with van der Waals surface area (Å²) >= 11 is 0. The normalized spacial score (nSPS) is 15.3. The molecular formula is C21H21N3O3S. The average molecular weight is 395 g/mol. The average Bonchev–Trinajstić information content (AvgIpc) is 3.20. The van der Waals surface area contributed by atoms with Gasteiger partial charge < -0.3 is 10.1 Å². The number of benzene rings is 2. The van der Waals surface area contributed by atoms with Crippen LogP contribution in [0.15, 0.2) is 48.5 Å². The molecule has 7 heteroatoms. The minimum atomic E-state index is -0.980. The number of rotatable bonds is 5. The van der Waals surface area contributed by atoms with E-state index in [1.807, 2.05) is 50.2 Å². The maximum Gasteiger partial charge on any atom is 0.263 e. The first-order valence-electron chi connectivity index (χ1n) is 9.03. The smallest absolute Gasteiger partial charge is 0.263 e. The lowest BCUT2D eigenvalue weighted by Gasteiger charge is -2.14. The van der Waals surface area contributed by atoms with Gasteiger partial charge in [-0.3, -0.25) is 9.00 Å². The fraction of sp³-hybridized carbons (Fsp3) is 0.238. The molecular weight excluding hydrogens is 374 g/mol. The van der Waals surface area contributed by atoms with E-state index in [0.29, 0.717) is 23.1 Å². The number of aromatic nitrogens is 2. The molecule has 0 bridgehead atoms. The number of hydrogen-bond donors (Lipinski definition) is 1. The Bertz CT molecular complexity index is 1060. The molecule has 0 saturated carbocycles. The van der Waals surface area contributed by atoms with E-state index in [0.717, 1.165) is 28.1 Å². The van der Waals surface area contributed by atoms with Crippen LogP contribution in [0.2, 0.25) is 0 Å². The van der Waals surface area contributed by atoms with Crippen molar-refractivity contribution in [3.05, 3.63) is 70.9 Å². The molecule has 144 valence electrons. The zero-order valence-corrected chi connectivity index (χ0v) is 16.6. The predicted molar refractivity (Wildman–Crippen MR) is 109 cm³/mol. The van der Waals surface area contributed by atoms with E-state index in [9.17, 15) is 9.00 Å². The highest BCUT2D eigenvalue weighted by Gasteiger charge is 2.28. The van der Waals surface area contributed by atoms with Crippen LogP contribution in [0.1, 0.15) is 22.4 Å². The zero-order valence-electron chi connectivity index (χ0n) is 15.8. The topological polar surface area (TPSA) is 73.2 Å². The Morgan fingerprint density at radius 1 is 1.14 bits per heavy atom. The summed E-state index contributed by atoms with van der Waals surface area (Å²) in [5.74, 6) is 1.74. The summed E-state index contributed by atoms with van der Waals surface area (Å²) < 4.78 is 19.3. The summed E-state index contributed by atoms with van der Waals surface area (Å²) in [4.78, 5) is 12.5. The molecule has 0 saturated heterocycles. The first-order chi connectivity index (χ1) is 13.5. The number of nitrogens with one attached hydrogen (secondary N) is 1. The predicted octanol–water partition coefficient (Wildman–Crippen LogP) is 3.27. The molecule has 4 rings (SSSR count). The second-order valence-electron chi connectivity index (χ2n) is 6.78. The number of hydrogen-bond acceptors (Lipinski definition) is 4. The molecule has 0 unspecified atom stereocenters. The number of nitrogens with zero attached hydrogens (tertiary/aromatic N) is 2. The highest BCUT2D eigenvalue weighted by atomic mass is 32.2. The Morgan fingerprint density at radius 3 is 2.71 bits per heavy atom. The Hall–Kier alpha value is -2.93. The number of aryl methyl sites for hydroxylation is 1. The van der Waals surface area contributed by atoms with Crippen molar-refractivity contribution >= 4 is 22.5 Å². The van der Waals surface area contributed by atoms with Crippen LogP contribution in [0, 0.1) is 13.8 Å². The van der Waals surface area contributed by atoms with Gasteiger partial charge in [0.1, 0.15) is 11.6 Å². The molecule has 1 aliphatic heterocycles. The Morgan fingerprint density at radius 2 is 1.93 bits per heavy atom. The molecule has 3 aromatic rings. The second-order valence-corrected chi connectivity index (χ2v) is 8.24. The fourth-order valence-corrected chi connectivity index (χ4v) is 4.49. The molecule has 2 aromatic carbocycles. The van der Waals surface area contributed by atoms with Crippen LogP contribution in [0.5, 0.6) is 5.75 Å². The van der Waals surface area contributed by atoms with Gasteiger partial charge in [-0.2, -0.15) is 5.10 Å². The zero-order chi connectivity index (χ0) is 19.7. The summed E-state index contributed by atoms with van der Waals surface area (Å²) in [5, 5.41) is 7.58. The van der Waals surface area contributed by atoms with Gasteiger partial charge in [-0.1, -0.05) is 30.3 Å². The van der Waals surface area contributed by atoms with Crippen molar-refractivity contribution in [1.82, 2.24) is 9.78 Å². The molecule has 1 atom stereocenters. The number of fused-ring (bicyclic) bond motifs is 1. The van der Waals surface area contributed by atoms with E-state index in [2.05, 4.69) is 10.4 Å². The third-order valence-corrected chi connectivity index (χ3v) is 6.05. The summed E-state index contributed by atoms with van der Waals surface area (Å²) in [6.07, 6.45) is 0. The lowest BCUT2D eigenvalue weighted by atomic mass is 10.1. The van der Waals surface area contributed by atoms with Crippen molar-refractivity contribution in [3.8, 4) is 11.4 Å². The molecule has 0 spiro atoms. The lowest BCUT2D eigenvalue weighted by Crippen LogP contribution is -2.23.